The van der Waals surface area contributed by atoms with E-state index in [4.69, 9.17) is 0 Å². The maximum atomic E-state index is 12.2. The molecule has 1 radical (unpaired) electrons. The largest absolute Gasteiger partial charge is 0.373 e. The number of rotatable bonds is 3. The first-order valence-corrected chi connectivity index (χ1v) is 7.38. The monoisotopic (exact) mass is 382 g/mol. The molecule has 2 rings (SSSR count). The Bertz CT molecular complexity index is 556. The summed E-state index contributed by atoms with van der Waals surface area (Å²) in [6.45, 7) is 7.18. The van der Waals surface area contributed by atoms with E-state index in [1.807, 2.05) is 13.8 Å². The van der Waals surface area contributed by atoms with E-state index in [0.29, 0.717) is 0 Å². The molecule has 0 bridgehead atoms. The van der Waals surface area contributed by atoms with E-state index >= 15 is 0 Å². The number of ketones is 2. The van der Waals surface area contributed by atoms with Crippen molar-refractivity contribution in [2.75, 3.05) is 12.8 Å². The van der Waals surface area contributed by atoms with Gasteiger partial charge in [0.15, 0.2) is 11.7 Å². The second kappa shape index (κ2) is 7.20. The molecule has 0 aromatic rings. The fourth-order valence-corrected chi connectivity index (χ4v) is 4.16. The van der Waals surface area contributed by atoms with Crippen molar-refractivity contribution in [3.63, 3.8) is 0 Å². The minimum absolute atomic E-state index is 0. The van der Waals surface area contributed by atoms with Crippen molar-refractivity contribution >= 4 is 34.9 Å². The quantitative estimate of drug-likeness (QED) is 0.336. The van der Waals surface area contributed by atoms with Crippen LogP contribution in [-0.4, -0.2) is 47.3 Å². The van der Waals surface area contributed by atoms with E-state index in [2.05, 4.69) is 17.2 Å². The van der Waals surface area contributed by atoms with Crippen molar-refractivity contribution in [1.82, 2.24) is 5.32 Å². The molecule has 1 saturated carbocycles. The van der Waals surface area contributed by atoms with Gasteiger partial charge in [0.05, 0.1) is 12.0 Å². The van der Waals surface area contributed by atoms with E-state index in [1.54, 1.807) is 11.8 Å². The summed E-state index contributed by atoms with van der Waals surface area (Å²) in [4.78, 5) is 38.9. The molecule has 0 aromatic heterocycles. The first kappa shape index (κ1) is 18.6. The molecule has 111 valence electrons. The third-order valence-electron chi connectivity index (χ3n) is 3.89. The number of fused-ring (bicyclic) bond motifs is 1. The van der Waals surface area contributed by atoms with Gasteiger partial charge in [-0.3, -0.25) is 9.59 Å². The average Bonchev–Trinajstić information content (AvgIpc) is 2.39. The van der Waals surface area contributed by atoms with Gasteiger partial charge in [-0.25, -0.2) is 0 Å². The molecule has 21 heavy (non-hydrogen) atoms. The van der Waals surface area contributed by atoms with E-state index in [1.165, 1.54) is 12.6 Å². The molecule has 1 aliphatic carbocycles. The number of aliphatic imine (C=N–C) groups is 1. The summed E-state index contributed by atoms with van der Waals surface area (Å²) in [6.07, 6.45) is 0. The number of thioether (sulfide) groups is 1. The summed E-state index contributed by atoms with van der Waals surface area (Å²) < 4.78 is 0. The second-order valence-corrected chi connectivity index (χ2v) is 6.23. The summed E-state index contributed by atoms with van der Waals surface area (Å²) in [5.41, 5.74) is 2.10. The third kappa shape index (κ3) is 3.32. The first-order chi connectivity index (χ1) is 9.38. The molecular weight excluding hydrogens is 365 g/mol. The number of nitrogens with one attached hydrogen (secondary N) is 1. The Hall–Kier alpha value is -0.456. The van der Waals surface area contributed by atoms with E-state index in [-0.39, 0.29) is 55.4 Å². The second-order valence-electron chi connectivity index (χ2n) is 5.07. The molecule has 5 nitrogen and oxygen atoms in total. The molecule has 1 N–H and O–H groups in total. The van der Waals surface area contributed by atoms with E-state index in [9.17, 15) is 14.4 Å². The van der Waals surface area contributed by atoms with Crippen molar-refractivity contribution < 1.29 is 47.1 Å². The van der Waals surface area contributed by atoms with Crippen LogP contribution in [0.5, 0.6) is 0 Å². The van der Waals surface area contributed by atoms with Gasteiger partial charge < -0.3 is 15.1 Å². The Labute approximate surface area is 153 Å². The van der Waals surface area contributed by atoms with Crippen LogP contribution in [0.25, 0.3) is 0 Å². The standard InChI is InChI=1S/C14H17N2O3S.Y/c1-6-5-20-13-9(7(6)2)12(18)11(13)16-14(19)10(15-4)8(3)17;/h9,11,13H,3,5H2,1-2,4H3,(H,16,19);/q-1;/t9?,11-,13+;/m1./s1. The van der Waals surface area contributed by atoms with Crippen LogP contribution in [0.15, 0.2) is 16.1 Å². The van der Waals surface area contributed by atoms with Gasteiger partial charge in [0.2, 0.25) is 0 Å². The topological polar surface area (TPSA) is 75.6 Å². The van der Waals surface area contributed by atoms with Crippen LogP contribution in [0.2, 0.25) is 0 Å². The third-order valence-corrected chi connectivity index (χ3v) is 5.42. The Kier molecular flexibility index (Phi) is 6.38. The normalized spacial score (nSPS) is 28.2. The van der Waals surface area contributed by atoms with Gasteiger partial charge in [0, 0.05) is 62.3 Å². The number of amides is 1. The summed E-state index contributed by atoms with van der Waals surface area (Å²) >= 11 is 1.67. The van der Waals surface area contributed by atoms with Gasteiger partial charge in [-0.15, -0.1) is 0 Å². The molecular formula is C14H17N2O3SY-. The number of nitrogens with zero attached hydrogens (tertiary/aromatic N) is 1. The zero-order chi connectivity index (χ0) is 15.0. The van der Waals surface area contributed by atoms with Crippen LogP contribution in [0.4, 0.5) is 0 Å². The molecule has 1 unspecified atom stereocenters. The molecule has 1 heterocycles. The summed E-state index contributed by atoms with van der Waals surface area (Å²) in [5, 5.41) is 2.67. The van der Waals surface area contributed by atoms with Crippen molar-refractivity contribution in [1.29, 1.82) is 0 Å². The van der Waals surface area contributed by atoms with Crippen LogP contribution in [0.3, 0.4) is 0 Å². The van der Waals surface area contributed by atoms with Gasteiger partial charge in [0.1, 0.15) is 0 Å². The van der Waals surface area contributed by atoms with Crippen LogP contribution < -0.4 is 5.32 Å². The number of allylic oxidation sites excluding steroid dienone is 1. The van der Waals surface area contributed by atoms with Crippen LogP contribution in [-0.2, 0) is 47.1 Å². The Morgan fingerprint density at radius 1 is 1.38 bits per heavy atom. The van der Waals surface area contributed by atoms with Gasteiger partial charge in [-0.2, -0.15) is 18.7 Å². The predicted octanol–water partition coefficient (Wildman–Crippen LogP) is 0.593. The number of Topliss-reactive ketones (excluding diaryl/α,β-unsaturated/α-hetero) is 2. The van der Waals surface area contributed by atoms with Crippen LogP contribution in [0.1, 0.15) is 13.8 Å². The van der Waals surface area contributed by atoms with Gasteiger partial charge in [-0.1, -0.05) is 11.1 Å². The van der Waals surface area contributed by atoms with Crippen LogP contribution >= 0.6 is 11.8 Å². The summed E-state index contributed by atoms with van der Waals surface area (Å²) in [6, 6.07) is -0.531. The molecule has 1 aliphatic heterocycles. The SMILES string of the molecule is [CH2-]C(=O)C(=NC)C(=O)N[C@@H]1C(=O)C2C(C)=C(C)CS[C@@H]21.[Y]. The van der Waals surface area contributed by atoms with Gasteiger partial charge in [0.25, 0.3) is 0 Å². The smallest absolute Gasteiger partial charge is 0.190 e. The molecule has 3 atom stereocenters. The molecule has 0 aromatic carbocycles. The molecule has 1 fully saturated rings. The molecule has 7 heteroatoms. The molecule has 1 amide bonds. The van der Waals surface area contributed by atoms with Crippen molar-refractivity contribution in [2.24, 2.45) is 10.9 Å². The summed E-state index contributed by atoms with van der Waals surface area (Å²) in [7, 11) is 1.36. The maximum Gasteiger partial charge on any atom is 0.190 e. The van der Waals surface area contributed by atoms with Crippen molar-refractivity contribution in [3.05, 3.63) is 18.1 Å². The molecule has 0 spiro atoms. The zero-order valence-corrected chi connectivity index (χ0v) is 16.0. The number of carbonyl (C=O) groups is 3. The number of hydrogen-bond acceptors (Lipinski definition) is 5. The Morgan fingerprint density at radius 2 is 2.00 bits per heavy atom. The number of carbonyl (C=O) groups excluding carboxylic acids is 3. The van der Waals surface area contributed by atoms with Gasteiger partial charge >= 0.3 is 0 Å². The fraction of sp³-hybridized carbons (Fsp3) is 0.500. The Balaban J connectivity index is 0.00000220. The fourth-order valence-electron chi connectivity index (χ4n) is 2.56. The maximum absolute atomic E-state index is 12.2. The minimum Gasteiger partial charge on any atom is -0.373 e. The average molecular weight is 382 g/mol. The van der Waals surface area contributed by atoms with Crippen molar-refractivity contribution in [2.45, 2.75) is 25.1 Å². The molecule has 0 saturated heterocycles. The predicted molar refractivity (Wildman–Crippen MR) is 78.8 cm³/mol. The van der Waals surface area contributed by atoms with Crippen LogP contribution in [0, 0.1) is 12.8 Å². The van der Waals surface area contributed by atoms with Crippen molar-refractivity contribution in [3.8, 4) is 0 Å². The van der Waals surface area contributed by atoms with E-state index < -0.39 is 17.7 Å². The molecule has 2 aliphatic rings. The number of hydrogen-bond donors (Lipinski definition) is 1. The zero-order valence-electron chi connectivity index (χ0n) is 12.3. The van der Waals surface area contributed by atoms with E-state index in [0.717, 1.165) is 11.3 Å². The summed E-state index contributed by atoms with van der Waals surface area (Å²) in [5.74, 6) is -0.475. The Morgan fingerprint density at radius 3 is 2.52 bits per heavy atom. The first-order valence-electron chi connectivity index (χ1n) is 6.34. The minimum atomic E-state index is -0.642. The van der Waals surface area contributed by atoms with Gasteiger partial charge in [-0.05, 0) is 13.8 Å².